The van der Waals surface area contributed by atoms with Crippen LogP contribution in [0.15, 0.2) is 60.2 Å². The van der Waals surface area contributed by atoms with Crippen LogP contribution in [-0.4, -0.2) is 32.4 Å². The molecular formula is C21H20N2O4. The second kappa shape index (κ2) is 10.3. The molecule has 1 N–H and O–H groups in total. The van der Waals surface area contributed by atoms with E-state index in [-0.39, 0.29) is 12.5 Å². The van der Waals surface area contributed by atoms with Gasteiger partial charge in [-0.15, -0.1) is 6.42 Å². The number of amides is 1. The number of methoxy groups -OCH3 is 1. The molecule has 138 valence electrons. The molecule has 0 spiro atoms. The number of nitrogens with zero attached hydrogens (tertiary/aromatic N) is 1. The molecule has 0 radical (unpaired) electrons. The summed E-state index contributed by atoms with van der Waals surface area (Å²) in [7, 11) is 1.51. The first kappa shape index (κ1) is 19.6. The molecule has 6 heteroatoms. The standard InChI is InChI=1S/C21H20N2O4/c1-4-11-26-18-8-6-7-16(13-18)15-22-23-21(24)17-9-10-19(27-12-5-2)20(14-17)25-3/h1,5-10,13-15H,2,11-12H2,3H3,(H,23,24)/b22-15+. The smallest absolute Gasteiger partial charge is 0.271 e. The Bertz CT molecular complexity index is 869. The van der Waals surface area contributed by atoms with Crippen molar-refractivity contribution in [2.75, 3.05) is 20.3 Å². The van der Waals surface area contributed by atoms with Gasteiger partial charge in [0.1, 0.15) is 19.0 Å². The highest BCUT2D eigenvalue weighted by Crippen LogP contribution is 2.28. The van der Waals surface area contributed by atoms with Gasteiger partial charge in [-0.05, 0) is 35.9 Å². The van der Waals surface area contributed by atoms with Gasteiger partial charge in [-0.3, -0.25) is 4.79 Å². The summed E-state index contributed by atoms with van der Waals surface area (Å²) < 4.78 is 16.0. The van der Waals surface area contributed by atoms with Crippen molar-refractivity contribution in [3.8, 4) is 29.6 Å². The molecule has 0 saturated carbocycles. The molecule has 2 rings (SSSR count). The number of hydrazone groups is 1. The van der Waals surface area contributed by atoms with Crippen LogP contribution in [0.4, 0.5) is 0 Å². The zero-order chi connectivity index (χ0) is 19.5. The molecule has 0 aliphatic heterocycles. The summed E-state index contributed by atoms with van der Waals surface area (Å²) in [6.07, 6.45) is 8.31. The average Bonchev–Trinajstić information content (AvgIpc) is 2.70. The van der Waals surface area contributed by atoms with E-state index >= 15 is 0 Å². The molecule has 0 saturated heterocycles. The van der Waals surface area contributed by atoms with Crippen molar-refractivity contribution < 1.29 is 19.0 Å². The third-order valence-electron chi connectivity index (χ3n) is 3.34. The van der Waals surface area contributed by atoms with E-state index in [1.807, 2.05) is 12.1 Å². The van der Waals surface area contributed by atoms with Crippen molar-refractivity contribution in [1.82, 2.24) is 5.43 Å². The van der Waals surface area contributed by atoms with E-state index in [1.165, 1.54) is 13.3 Å². The van der Waals surface area contributed by atoms with E-state index in [1.54, 1.807) is 36.4 Å². The number of ether oxygens (including phenoxy) is 3. The van der Waals surface area contributed by atoms with E-state index in [9.17, 15) is 4.79 Å². The van der Waals surface area contributed by atoms with E-state index in [0.29, 0.717) is 29.4 Å². The van der Waals surface area contributed by atoms with Crippen LogP contribution >= 0.6 is 0 Å². The number of terminal acetylenes is 1. The van der Waals surface area contributed by atoms with Gasteiger partial charge in [0.05, 0.1) is 13.3 Å². The van der Waals surface area contributed by atoms with Crippen LogP contribution in [0.3, 0.4) is 0 Å². The maximum atomic E-state index is 12.3. The Balaban J connectivity index is 2.02. The van der Waals surface area contributed by atoms with Crippen LogP contribution in [0.2, 0.25) is 0 Å². The van der Waals surface area contributed by atoms with E-state index in [4.69, 9.17) is 20.6 Å². The van der Waals surface area contributed by atoms with Crippen molar-refractivity contribution in [2.24, 2.45) is 5.10 Å². The third-order valence-corrected chi connectivity index (χ3v) is 3.34. The molecule has 0 heterocycles. The maximum absolute atomic E-state index is 12.3. The molecule has 0 aromatic heterocycles. The molecule has 0 bridgehead atoms. The summed E-state index contributed by atoms with van der Waals surface area (Å²) in [5.41, 5.74) is 3.62. The van der Waals surface area contributed by atoms with Crippen LogP contribution in [0.1, 0.15) is 15.9 Å². The van der Waals surface area contributed by atoms with Crippen molar-refractivity contribution in [2.45, 2.75) is 0 Å². The highest BCUT2D eigenvalue weighted by atomic mass is 16.5. The fourth-order valence-electron chi connectivity index (χ4n) is 2.12. The maximum Gasteiger partial charge on any atom is 0.271 e. The Morgan fingerprint density at radius 2 is 2.11 bits per heavy atom. The minimum Gasteiger partial charge on any atom is -0.493 e. The number of rotatable bonds is 9. The van der Waals surface area contributed by atoms with Crippen LogP contribution < -0.4 is 19.6 Å². The van der Waals surface area contributed by atoms with Crippen LogP contribution in [0, 0.1) is 12.3 Å². The molecule has 2 aromatic carbocycles. The number of hydrogen-bond donors (Lipinski definition) is 1. The highest BCUT2D eigenvalue weighted by Gasteiger charge is 2.10. The van der Waals surface area contributed by atoms with Gasteiger partial charge >= 0.3 is 0 Å². The lowest BCUT2D eigenvalue weighted by Gasteiger charge is -2.10. The quantitative estimate of drug-likeness (QED) is 0.321. The lowest BCUT2D eigenvalue weighted by atomic mass is 10.2. The Kier molecular flexibility index (Phi) is 7.49. The van der Waals surface area contributed by atoms with Crippen LogP contribution in [0.25, 0.3) is 0 Å². The van der Waals surface area contributed by atoms with Gasteiger partial charge in [0, 0.05) is 5.56 Å². The summed E-state index contributed by atoms with van der Waals surface area (Å²) in [5.74, 6) is 3.63. The summed E-state index contributed by atoms with van der Waals surface area (Å²) in [5, 5.41) is 3.96. The molecule has 0 atom stereocenters. The number of nitrogens with one attached hydrogen (secondary N) is 1. The van der Waals surface area contributed by atoms with Gasteiger partial charge in [0.2, 0.25) is 0 Å². The van der Waals surface area contributed by atoms with Gasteiger partial charge < -0.3 is 14.2 Å². The van der Waals surface area contributed by atoms with Crippen molar-refractivity contribution in [3.05, 3.63) is 66.2 Å². The van der Waals surface area contributed by atoms with Crippen molar-refractivity contribution >= 4 is 12.1 Å². The number of carbonyl (C=O) groups is 1. The van der Waals surface area contributed by atoms with Crippen molar-refractivity contribution in [3.63, 3.8) is 0 Å². The zero-order valence-electron chi connectivity index (χ0n) is 15.0. The second-order valence-electron chi connectivity index (χ2n) is 5.23. The van der Waals surface area contributed by atoms with E-state index in [0.717, 1.165) is 5.56 Å². The van der Waals surface area contributed by atoms with E-state index < -0.39 is 0 Å². The molecule has 1 amide bonds. The van der Waals surface area contributed by atoms with E-state index in [2.05, 4.69) is 23.0 Å². The van der Waals surface area contributed by atoms with Gasteiger partial charge in [0.25, 0.3) is 5.91 Å². The van der Waals surface area contributed by atoms with Gasteiger partial charge in [-0.25, -0.2) is 5.43 Å². The topological polar surface area (TPSA) is 69.2 Å². The minimum absolute atomic E-state index is 0.186. The average molecular weight is 364 g/mol. The van der Waals surface area contributed by atoms with Crippen LogP contribution in [-0.2, 0) is 0 Å². The largest absolute Gasteiger partial charge is 0.493 e. The van der Waals surface area contributed by atoms with Gasteiger partial charge in [-0.1, -0.05) is 30.7 Å². The molecular weight excluding hydrogens is 344 g/mol. The Labute approximate surface area is 158 Å². The van der Waals surface area contributed by atoms with Crippen molar-refractivity contribution in [1.29, 1.82) is 0 Å². The lowest BCUT2D eigenvalue weighted by Crippen LogP contribution is -2.17. The second-order valence-corrected chi connectivity index (χ2v) is 5.23. The summed E-state index contributed by atoms with van der Waals surface area (Å²) in [6.45, 7) is 4.12. The number of hydrogen-bond acceptors (Lipinski definition) is 5. The lowest BCUT2D eigenvalue weighted by molar-refractivity contribution is 0.0954. The Morgan fingerprint density at radius 3 is 2.85 bits per heavy atom. The molecule has 6 nitrogen and oxygen atoms in total. The minimum atomic E-state index is -0.375. The zero-order valence-corrected chi connectivity index (χ0v) is 15.0. The number of carbonyl (C=O) groups excluding carboxylic acids is 1. The Hall–Kier alpha value is -3.72. The van der Waals surface area contributed by atoms with Crippen LogP contribution in [0.5, 0.6) is 17.2 Å². The first-order valence-electron chi connectivity index (χ1n) is 8.09. The number of benzene rings is 2. The molecule has 0 unspecified atom stereocenters. The highest BCUT2D eigenvalue weighted by molar-refractivity contribution is 5.95. The fraction of sp³-hybridized carbons (Fsp3) is 0.143. The molecule has 0 fully saturated rings. The summed E-state index contributed by atoms with van der Waals surface area (Å²) in [4.78, 5) is 12.3. The first-order chi connectivity index (χ1) is 13.2. The first-order valence-corrected chi connectivity index (χ1v) is 8.09. The fourth-order valence-corrected chi connectivity index (χ4v) is 2.12. The van der Waals surface area contributed by atoms with Gasteiger partial charge in [0.15, 0.2) is 11.5 Å². The normalized spacial score (nSPS) is 10.1. The summed E-state index contributed by atoms with van der Waals surface area (Å²) in [6, 6.07) is 12.1. The summed E-state index contributed by atoms with van der Waals surface area (Å²) >= 11 is 0. The molecule has 2 aromatic rings. The van der Waals surface area contributed by atoms with Gasteiger partial charge in [-0.2, -0.15) is 5.10 Å². The third kappa shape index (κ3) is 5.94. The SMILES string of the molecule is C#CCOc1cccc(/C=N/NC(=O)c2ccc(OCC=C)c(OC)c2)c1. The predicted molar refractivity (Wildman–Crippen MR) is 105 cm³/mol. The Morgan fingerprint density at radius 1 is 1.26 bits per heavy atom. The monoisotopic (exact) mass is 364 g/mol. The predicted octanol–water partition coefficient (Wildman–Crippen LogP) is 3.04. The molecule has 0 aliphatic rings. The molecule has 0 aliphatic carbocycles. The molecule has 27 heavy (non-hydrogen) atoms.